The Morgan fingerprint density at radius 2 is 2.05 bits per heavy atom. The number of fused-ring (bicyclic) bond motifs is 1. The van der Waals surface area contributed by atoms with E-state index in [1.807, 2.05) is 18.2 Å². The molecule has 1 aromatic carbocycles. The third-order valence-electron chi connectivity index (χ3n) is 4.22. The highest BCUT2D eigenvalue weighted by Gasteiger charge is 2.46. The van der Waals surface area contributed by atoms with Gasteiger partial charge in [-0.15, -0.1) is 0 Å². The zero-order valence-corrected chi connectivity index (χ0v) is 12.0. The summed E-state index contributed by atoms with van der Waals surface area (Å²) in [7, 11) is 3.14. The molecule has 108 valence electrons. The van der Waals surface area contributed by atoms with Crippen molar-refractivity contribution in [3.63, 3.8) is 0 Å². The molecule has 2 rings (SSSR count). The minimum atomic E-state index is -1.16. The highest BCUT2D eigenvalue weighted by atomic mass is 16.5. The second-order valence-electron chi connectivity index (χ2n) is 5.23. The molecule has 20 heavy (non-hydrogen) atoms. The minimum absolute atomic E-state index is 0.237. The van der Waals surface area contributed by atoms with Crippen molar-refractivity contribution < 1.29 is 19.4 Å². The van der Waals surface area contributed by atoms with Crippen LogP contribution in [-0.2, 0) is 22.4 Å². The summed E-state index contributed by atoms with van der Waals surface area (Å²) in [5, 5.41) is 9.63. The first-order valence-corrected chi connectivity index (χ1v) is 6.54. The number of rotatable bonds is 3. The molecule has 1 aliphatic carbocycles. The zero-order valence-electron chi connectivity index (χ0n) is 12.0. The van der Waals surface area contributed by atoms with Gasteiger partial charge in [-0.25, -0.2) is 4.79 Å². The molecular weight excluding hydrogens is 258 g/mol. The van der Waals surface area contributed by atoms with Gasteiger partial charge >= 0.3 is 5.97 Å². The van der Waals surface area contributed by atoms with Gasteiger partial charge < -0.3 is 14.7 Å². The number of carboxylic acid groups (broad SMARTS) is 1. The van der Waals surface area contributed by atoms with Gasteiger partial charge in [0.1, 0.15) is 11.3 Å². The van der Waals surface area contributed by atoms with E-state index in [4.69, 9.17) is 4.74 Å². The molecule has 0 saturated heterocycles. The normalized spacial score (nSPS) is 20.9. The molecule has 0 saturated carbocycles. The van der Waals surface area contributed by atoms with Crippen molar-refractivity contribution >= 4 is 11.9 Å². The van der Waals surface area contributed by atoms with Crippen LogP contribution in [0.25, 0.3) is 0 Å². The second kappa shape index (κ2) is 5.15. The number of benzene rings is 1. The highest BCUT2D eigenvalue weighted by molar-refractivity contribution is 5.86. The number of aliphatic carboxylic acids is 1. The Morgan fingerprint density at radius 3 is 2.60 bits per heavy atom. The molecule has 5 heteroatoms. The van der Waals surface area contributed by atoms with Crippen LogP contribution in [0.2, 0.25) is 0 Å². The lowest BCUT2D eigenvalue weighted by Gasteiger charge is -2.41. The van der Waals surface area contributed by atoms with Crippen LogP contribution >= 0.6 is 0 Å². The lowest BCUT2D eigenvalue weighted by molar-refractivity contribution is -0.158. The fourth-order valence-corrected chi connectivity index (χ4v) is 2.80. The predicted octanol–water partition coefficient (Wildman–Crippen LogP) is 1.49. The van der Waals surface area contributed by atoms with Gasteiger partial charge in [-0.2, -0.15) is 0 Å². The fourth-order valence-electron chi connectivity index (χ4n) is 2.80. The average Bonchev–Trinajstić information content (AvgIpc) is 2.44. The van der Waals surface area contributed by atoms with Crippen molar-refractivity contribution in [3.8, 4) is 5.75 Å². The Bertz CT molecular complexity index is 555. The first-order valence-electron chi connectivity index (χ1n) is 6.54. The molecule has 1 atom stereocenters. The summed E-state index contributed by atoms with van der Waals surface area (Å²) in [4.78, 5) is 24.7. The minimum Gasteiger partial charge on any atom is -0.497 e. The predicted molar refractivity (Wildman–Crippen MR) is 73.8 cm³/mol. The van der Waals surface area contributed by atoms with E-state index in [1.165, 1.54) is 11.8 Å². The number of carboxylic acids is 1. The number of amides is 1. The van der Waals surface area contributed by atoms with Gasteiger partial charge in [-0.3, -0.25) is 4.79 Å². The lowest BCUT2D eigenvalue weighted by atomic mass is 9.76. The Balaban J connectivity index is 2.43. The molecular formula is C15H19NO4. The Morgan fingerprint density at radius 1 is 1.35 bits per heavy atom. The van der Waals surface area contributed by atoms with Crippen molar-refractivity contribution in [1.29, 1.82) is 0 Å². The smallest absolute Gasteiger partial charge is 0.329 e. The lowest BCUT2D eigenvalue weighted by Crippen LogP contribution is -2.57. The van der Waals surface area contributed by atoms with Crippen molar-refractivity contribution in [2.45, 2.75) is 31.7 Å². The number of likely N-dealkylation sites (N-methyl/N-ethyl adjacent to an activating group) is 1. The number of aryl methyl sites for hydroxylation is 1. The topological polar surface area (TPSA) is 66.8 Å². The summed E-state index contributed by atoms with van der Waals surface area (Å²) in [6, 6.07) is 5.70. The molecule has 1 aliphatic rings. The zero-order chi connectivity index (χ0) is 14.9. The van der Waals surface area contributed by atoms with Crippen molar-refractivity contribution in [2.24, 2.45) is 0 Å². The number of hydrogen-bond donors (Lipinski definition) is 1. The van der Waals surface area contributed by atoms with E-state index in [1.54, 1.807) is 14.2 Å². The first-order chi connectivity index (χ1) is 9.40. The van der Waals surface area contributed by atoms with Crippen LogP contribution in [0.1, 0.15) is 24.5 Å². The van der Waals surface area contributed by atoms with Crippen LogP contribution in [0, 0.1) is 0 Å². The molecule has 1 aromatic rings. The molecule has 1 amide bonds. The third-order valence-corrected chi connectivity index (χ3v) is 4.22. The maximum absolute atomic E-state index is 11.8. The van der Waals surface area contributed by atoms with Gasteiger partial charge in [-0.1, -0.05) is 6.07 Å². The van der Waals surface area contributed by atoms with Gasteiger partial charge in [-0.05, 0) is 36.1 Å². The molecule has 0 aromatic heterocycles. The molecule has 0 fully saturated rings. The van der Waals surface area contributed by atoms with E-state index in [2.05, 4.69) is 0 Å². The van der Waals surface area contributed by atoms with Gasteiger partial charge in [0.15, 0.2) is 0 Å². The number of methoxy groups -OCH3 is 1. The van der Waals surface area contributed by atoms with Crippen LogP contribution in [-0.4, -0.2) is 41.6 Å². The first kappa shape index (κ1) is 14.4. The maximum atomic E-state index is 11.8. The van der Waals surface area contributed by atoms with Crippen LogP contribution in [0.15, 0.2) is 18.2 Å². The summed E-state index contributed by atoms with van der Waals surface area (Å²) >= 11 is 0. The molecule has 1 unspecified atom stereocenters. The largest absolute Gasteiger partial charge is 0.497 e. The van der Waals surface area contributed by atoms with Crippen molar-refractivity contribution in [3.05, 3.63) is 29.3 Å². The fraction of sp³-hybridized carbons (Fsp3) is 0.467. The monoisotopic (exact) mass is 277 g/mol. The molecule has 0 heterocycles. The van der Waals surface area contributed by atoms with Crippen LogP contribution < -0.4 is 4.74 Å². The Labute approximate surface area is 118 Å². The van der Waals surface area contributed by atoms with Crippen LogP contribution in [0.3, 0.4) is 0 Å². The summed E-state index contributed by atoms with van der Waals surface area (Å²) in [6.45, 7) is 1.39. The molecule has 1 N–H and O–H groups in total. The number of carbonyl (C=O) groups is 2. The van der Waals surface area contributed by atoms with E-state index in [-0.39, 0.29) is 5.91 Å². The summed E-state index contributed by atoms with van der Waals surface area (Å²) in [6.07, 6.45) is 1.38. The molecule has 0 radical (unpaired) electrons. The number of hydrogen-bond acceptors (Lipinski definition) is 3. The Hall–Kier alpha value is -2.04. The standard InChI is InChI=1S/C15H19NO4/c1-10(17)16(2)15(14(18)19)7-6-11-4-5-13(20-3)8-12(11)9-15/h4-5,8H,6-7,9H2,1-3H3,(H,18,19). The molecule has 0 aliphatic heterocycles. The summed E-state index contributed by atoms with van der Waals surface area (Å²) in [5.74, 6) is -0.488. The SMILES string of the molecule is COc1ccc2c(c1)CC(C(=O)O)(N(C)C(C)=O)CC2. The Kier molecular flexibility index (Phi) is 3.70. The van der Waals surface area contributed by atoms with E-state index in [9.17, 15) is 14.7 Å². The van der Waals surface area contributed by atoms with E-state index >= 15 is 0 Å². The van der Waals surface area contributed by atoms with Gasteiger partial charge in [0.2, 0.25) is 5.91 Å². The second-order valence-corrected chi connectivity index (χ2v) is 5.23. The van der Waals surface area contributed by atoms with Gasteiger partial charge in [0.05, 0.1) is 7.11 Å². The summed E-state index contributed by atoms with van der Waals surface area (Å²) < 4.78 is 5.19. The maximum Gasteiger partial charge on any atom is 0.329 e. The molecule has 0 spiro atoms. The van der Waals surface area contributed by atoms with E-state index in [0.717, 1.165) is 11.1 Å². The van der Waals surface area contributed by atoms with Crippen molar-refractivity contribution in [1.82, 2.24) is 4.90 Å². The number of carbonyl (C=O) groups excluding carboxylic acids is 1. The van der Waals surface area contributed by atoms with Gasteiger partial charge in [0, 0.05) is 20.4 Å². The van der Waals surface area contributed by atoms with E-state index in [0.29, 0.717) is 25.0 Å². The van der Waals surface area contributed by atoms with Crippen LogP contribution in [0.4, 0.5) is 0 Å². The third kappa shape index (κ3) is 2.24. The quantitative estimate of drug-likeness (QED) is 0.909. The van der Waals surface area contributed by atoms with Gasteiger partial charge in [0.25, 0.3) is 0 Å². The van der Waals surface area contributed by atoms with Crippen molar-refractivity contribution in [2.75, 3.05) is 14.2 Å². The summed E-state index contributed by atoms with van der Waals surface area (Å²) in [5.41, 5.74) is 0.899. The highest BCUT2D eigenvalue weighted by Crippen LogP contribution is 2.35. The average molecular weight is 277 g/mol. The molecule has 5 nitrogen and oxygen atoms in total. The van der Waals surface area contributed by atoms with Crippen LogP contribution in [0.5, 0.6) is 5.75 Å². The van der Waals surface area contributed by atoms with E-state index < -0.39 is 11.5 Å². The number of nitrogens with zero attached hydrogens (tertiary/aromatic N) is 1. The molecule has 0 bridgehead atoms. The number of ether oxygens (including phenoxy) is 1.